The van der Waals surface area contributed by atoms with Gasteiger partial charge < -0.3 is 0 Å². The predicted octanol–water partition coefficient (Wildman–Crippen LogP) is 5.01. The summed E-state index contributed by atoms with van der Waals surface area (Å²) in [4.78, 5) is 8.16. The Bertz CT molecular complexity index is 639. The van der Waals surface area contributed by atoms with E-state index in [2.05, 4.69) is 9.97 Å². The van der Waals surface area contributed by atoms with Gasteiger partial charge in [-0.1, -0.05) is 43.6 Å². The lowest BCUT2D eigenvalue weighted by molar-refractivity contribution is -0.137. The van der Waals surface area contributed by atoms with Crippen LogP contribution in [-0.4, -0.2) is 9.97 Å². The fourth-order valence-corrected chi connectivity index (χ4v) is 2.24. The van der Waals surface area contributed by atoms with Crippen LogP contribution in [0.25, 0.3) is 11.4 Å². The lowest BCUT2D eigenvalue weighted by atomic mass is 10.1. The molecule has 1 heterocycles. The maximum atomic E-state index is 13.1. The van der Waals surface area contributed by atoms with Crippen molar-refractivity contribution in [2.45, 2.75) is 26.4 Å². The molecular weight excluding hydrogens is 301 g/mol. The minimum Gasteiger partial charge on any atom is -0.233 e. The highest BCUT2D eigenvalue weighted by atomic mass is 35.5. The highest BCUT2D eigenvalue weighted by molar-refractivity contribution is 6.29. The molecule has 0 bridgehead atoms. The van der Waals surface area contributed by atoms with Gasteiger partial charge in [-0.3, -0.25) is 0 Å². The number of nitrogens with zero attached hydrogens (tertiary/aromatic N) is 2. The Morgan fingerprint density at radius 3 is 2.43 bits per heavy atom. The molecule has 0 fully saturated rings. The predicted molar refractivity (Wildman–Crippen MR) is 76.0 cm³/mol. The molecule has 1 aromatic carbocycles. The Kier molecular flexibility index (Phi) is 4.52. The summed E-state index contributed by atoms with van der Waals surface area (Å²) in [5, 5.41) is 0.146. The summed E-state index contributed by atoms with van der Waals surface area (Å²) in [7, 11) is 0. The maximum absolute atomic E-state index is 13.1. The summed E-state index contributed by atoms with van der Waals surface area (Å²) >= 11 is 5.92. The number of aromatic nitrogens is 2. The molecule has 2 rings (SSSR count). The van der Waals surface area contributed by atoms with Gasteiger partial charge >= 0.3 is 6.18 Å². The first-order chi connectivity index (χ1) is 9.77. The maximum Gasteiger partial charge on any atom is 0.417 e. The topological polar surface area (TPSA) is 25.8 Å². The molecule has 112 valence electrons. The average Bonchev–Trinajstić information content (AvgIpc) is 2.36. The molecule has 2 aromatic rings. The molecule has 2 nitrogen and oxygen atoms in total. The zero-order valence-corrected chi connectivity index (χ0v) is 12.3. The van der Waals surface area contributed by atoms with Gasteiger partial charge in [-0.25, -0.2) is 9.97 Å². The number of halogens is 4. The third kappa shape index (κ3) is 3.94. The van der Waals surface area contributed by atoms with E-state index in [9.17, 15) is 13.2 Å². The van der Waals surface area contributed by atoms with Crippen LogP contribution < -0.4 is 0 Å². The van der Waals surface area contributed by atoms with E-state index >= 15 is 0 Å². The van der Waals surface area contributed by atoms with E-state index in [0.29, 0.717) is 18.0 Å². The monoisotopic (exact) mass is 314 g/mol. The van der Waals surface area contributed by atoms with Crippen LogP contribution in [-0.2, 0) is 12.6 Å². The van der Waals surface area contributed by atoms with Crippen LogP contribution in [0.1, 0.15) is 25.1 Å². The second kappa shape index (κ2) is 6.02. The Morgan fingerprint density at radius 1 is 1.14 bits per heavy atom. The van der Waals surface area contributed by atoms with E-state index in [1.807, 2.05) is 13.8 Å². The van der Waals surface area contributed by atoms with E-state index in [0.717, 1.165) is 6.07 Å². The molecule has 0 spiro atoms. The number of benzene rings is 1. The summed E-state index contributed by atoms with van der Waals surface area (Å²) in [6.45, 7) is 4.00. The molecule has 0 aliphatic rings. The van der Waals surface area contributed by atoms with E-state index in [-0.39, 0.29) is 16.5 Å². The summed E-state index contributed by atoms with van der Waals surface area (Å²) in [6, 6.07) is 6.82. The molecule has 1 aromatic heterocycles. The van der Waals surface area contributed by atoms with Crippen molar-refractivity contribution in [1.82, 2.24) is 9.97 Å². The van der Waals surface area contributed by atoms with Crippen molar-refractivity contribution < 1.29 is 13.2 Å². The fraction of sp³-hybridized carbons (Fsp3) is 0.333. The van der Waals surface area contributed by atoms with E-state index < -0.39 is 11.7 Å². The summed E-state index contributed by atoms with van der Waals surface area (Å²) in [5.74, 6) is 0.327. The third-order valence-electron chi connectivity index (χ3n) is 2.84. The second-order valence-corrected chi connectivity index (χ2v) is 5.53. The molecule has 0 atom stereocenters. The molecule has 0 N–H and O–H groups in total. The number of alkyl halides is 3. The average molecular weight is 315 g/mol. The summed E-state index contributed by atoms with van der Waals surface area (Å²) in [5.41, 5.74) is -0.183. The first kappa shape index (κ1) is 15.8. The summed E-state index contributed by atoms with van der Waals surface area (Å²) < 4.78 is 39.2. The fourth-order valence-electron chi connectivity index (χ4n) is 2.03. The molecule has 0 radical (unpaired) electrons. The van der Waals surface area contributed by atoms with Crippen molar-refractivity contribution in [3.05, 3.63) is 46.7 Å². The van der Waals surface area contributed by atoms with E-state index in [1.165, 1.54) is 18.2 Å². The van der Waals surface area contributed by atoms with Gasteiger partial charge in [-0.05, 0) is 24.5 Å². The molecule has 0 saturated carbocycles. The quantitative estimate of drug-likeness (QED) is 0.744. The van der Waals surface area contributed by atoms with Crippen LogP contribution in [0.3, 0.4) is 0 Å². The highest BCUT2D eigenvalue weighted by Crippen LogP contribution is 2.36. The van der Waals surface area contributed by atoms with Gasteiger partial charge in [-0.2, -0.15) is 13.2 Å². The largest absolute Gasteiger partial charge is 0.417 e. The zero-order chi connectivity index (χ0) is 15.6. The van der Waals surface area contributed by atoms with Gasteiger partial charge in [0.25, 0.3) is 0 Å². The number of hydrogen-bond acceptors (Lipinski definition) is 2. The van der Waals surface area contributed by atoms with Crippen molar-refractivity contribution in [3.63, 3.8) is 0 Å². The van der Waals surface area contributed by atoms with Crippen molar-refractivity contribution in [3.8, 4) is 11.4 Å². The SMILES string of the molecule is CC(C)Cc1cc(Cl)nc(-c2ccccc2C(F)(F)F)n1. The van der Waals surface area contributed by atoms with Crippen LogP contribution >= 0.6 is 11.6 Å². The van der Waals surface area contributed by atoms with Crippen LogP contribution in [0, 0.1) is 5.92 Å². The third-order valence-corrected chi connectivity index (χ3v) is 3.03. The Labute approximate surface area is 126 Å². The molecule has 21 heavy (non-hydrogen) atoms. The van der Waals surface area contributed by atoms with Crippen LogP contribution in [0.5, 0.6) is 0 Å². The Hall–Kier alpha value is -1.62. The molecular formula is C15H14ClF3N2. The smallest absolute Gasteiger partial charge is 0.233 e. The number of hydrogen-bond donors (Lipinski definition) is 0. The Morgan fingerprint density at radius 2 is 1.81 bits per heavy atom. The Balaban J connectivity index is 2.55. The van der Waals surface area contributed by atoms with Crippen LogP contribution in [0.15, 0.2) is 30.3 Å². The minimum absolute atomic E-state index is 0.00563. The lowest BCUT2D eigenvalue weighted by Gasteiger charge is -2.13. The molecule has 0 aliphatic heterocycles. The van der Waals surface area contributed by atoms with Gasteiger partial charge in [0.15, 0.2) is 5.82 Å². The van der Waals surface area contributed by atoms with Gasteiger partial charge in [0.05, 0.1) is 5.56 Å². The van der Waals surface area contributed by atoms with Gasteiger partial charge in [-0.15, -0.1) is 0 Å². The summed E-state index contributed by atoms with van der Waals surface area (Å²) in [6.07, 6.45) is -3.83. The van der Waals surface area contributed by atoms with Crippen molar-refractivity contribution >= 4 is 11.6 Å². The first-order valence-corrected chi connectivity index (χ1v) is 6.85. The molecule has 0 amide bonds. The van der Waals surface area contributed by atoms with Crippen molar-refractivity contribution in [2.75, 3.05) is 0 Å². The van der Waals surface area contributed by atoms with Crippen LogP contribution in [0.2, 0.25) is 5.15 Å². The standard InChI is InChI=1S/C15H14ClF3N2/c1-9(2)7-10-8-13(16)21-14(20-10)11-5-3-4-6-12(11)15(17,18)19/h3-6,8-9H,7H2,1-2H3. The van der Waals surface area contributed by atoms with Gasteiger partial charge in [0.1, 0.15) is 5.15 Å². The van der Waals surface area contributed by atoms with E-state index in [4.69, 9.17) is 11.6 Å². The van der Waals surface area contributed by atoms with Gasteiger partial charge in [0.2, 0.25) is 0 Å². The normalized spacial score (nSPS) is 12.0. The lowest BCUT2D eigenvalue weighted by Crippen LogP contribution is -2.09. The molecule has 0 unspecified atom stereocenters. The van der Waals surface area contributed by atoms with Gasteiger partial charge in [0, 0.05) is 11.3 Å². The van der Waals surface area contributed by atoms with Crippen LogP contribution in [0.4, 0.5) is 13.2 Å². The first-order valence-electron chi connectivity index (χ1n) is 6.47. The van der Waals surface area contributed by atoms with Crippen molar-refractivity contribution in [1.29, 1.82) is 0 Å². The molecule has 0 saturated heterocycles. The molecule has 6 heteroatoms. The minimum atomic E-state index is -4.46. The van der Waals surface area contributed by atoms with Crippen molar-refractivity contribution in [2.24, 2.45) is 5.92 Å². The molecule has 0 aliphatic carbocycles. The highest BCUT2D eigenvalue weighted by Gasteiger charge is 2.34. The van der Waals surface area contributed by atoms with E-state index in [1.54, 1.807) is 6.07 Å². The number of rotatable bonds is 3. The second-order valence-electron chi connectivity index (χ2n) is 5.15. The zero-order valence-electron chi connectivity index (χ0n) is 11.6.